The van der Waals surface area contributed by atoms with Crippen molar-refractivity contribution in [3.63, 3.8) is 0 Å². The number of nitrogens with one attached hydrogen (secondary N) is 1. The van der Waals surface area contributed by atoms with E-state index in [2.05, 4.69) is 21.2 Å². The summed E-state index contributed by atoms with van der Waals surface area (Å²) in [4.78, 5) is 4.88. The molecule has 0 bridgehead atoms. The Morgan fingerprint density at radius 3 is 2.64 bits per heavy atom. The third-order valence-corrected chi connectivity index (χ3v) is 4.91. The Morgan fingerprint density at radius 2 is 1.80 bits per heavy atom. The van der Waals surface area contributed by atoms with Crippen molar-refractivity contribution in [2.45, 2.75) is 0 Å². The molecular weight excluding hydrogens is 338 g/mol. The molecule has 1 saturated heterocycles. The van der Waals surface area contributed by atoms with E-state index in [1.54, 1.807) is 0 Å². The predicted molar refractivity (Wildman–Crippen MR) is 101 cm³/mol. The quantitative estimate of drug-likeness (QED) is 0.886. The van der Waals surface area contributed by atoms with E-state index in [-0.39, 0.29) is 0 Å². The van der Waals surface area contributed by atoms with Crippen LogP contribution in [-0.4, -0.2) is 51.0 Å². The average molecular weight is 360 g/mol. The number of halogens is 1. The molecule has 0 aliphatic carbocycles. The van der Waals surface area contributed by atoms with Crippen molar-refractivity contribution in [2.24, 2.45) is 0 Å². The van der Waals surface area contributed by atoms with E-state index in [9.17, 15) is 0 Å². The van der Waals surface area contributed by atoms with Gasteiger partial charge in [-0.3, -0.25) is 4.90 Å². The number of nitrogens with zero attached hydrogens (tertiary/aromatic N) is 2. The fourth-order valence-corrected chi connectivity index (χ4v) is 3.45. The lowest BCUT2D eigenvalue weighted by molar-refractivity contribution is 0.174. The molecule has 0 radical (unpaired) electrons. The van der Waals surface area contributed by atoms with Crippen LogP contribution >= 0.6 is 11.6 Å². The molecule has 5 nitrogen and oxygen atoms in total. The van der Waals surface area contributed by atoms with Gasteiger partial charge < -0.3 is 19.7 Å². The third kappa shape index (κ3) is 3.94. The minimum atomic E-state index is 0.315. The molecule has 2 aromatic carbocycles. The lowest BCUT2D eigenvalue weighted by Crippen LogP contribution is -2.47. The van der Waals surface area contributed by atoms with Crippen molar-refractivity contribution in [2.75, 3.05) is 56.3 Å². The molecule has 25 heavy (non-hydrogen) atoms. The third-order valence-electron chi connectivity index (χ3n) is 4.68. The first-order chi connectivity index (χ1) is 12.3. The summed E-state index contributed by atoms with van der Waals surface area (Å²) in [6, 6.07) is 14.1. The minimum Gasteiger partial charge on any atom is -0.454 e. The SMILES string of the molecule is Clc1cccc(N2CCN(CCNc3ccc4c(c3)OCO4)CC2)c1. The minimum absolute atomic E-state index is 0.315. The van der Waals surface area contributed by atoms with Gasteiger partial charge in [0, 0.05) is 61.7 Å². The maximum atomic E-state index is 6.09. The highest BCUT2D eigenvalue weighted by Crippen LogP contribution is 2.34. The van der Waals surface area contributed by atoms with Gasteiger partial charge in [-0.1, -0.05) is 17.7 Å². The van der Waals surface area contributed by atoms with Crippen LogP contribution in [0.4, 0.5) is 11.4 Å². The fraction of sp³-hybridized carbons (Fsp3) is 0.368. The van der Waals surface area contributed by atoms with Crippen LogP contribution in [0.3, 0.4) is 0 Å². The largest absolute Gasteiger partial charge is 0.454 e. The van der Waals surface area contributed by atoms with Crippen LogP contribution in [0, 0.1) is 0 Å². The average Bonchev–Trinajstić information content (AvgIpc) is 3.10. The number of ether oxygens (including phenoxy) is 2. The van der Waals surface area contributed by atoms with Crippen LogP contribution in [0.15, 0.2) is 42.5 Å². The molecule has 0 atom stereocenters. The summed E-state index contributed by atoms with van der Waals surface area (Å²) in [7, 11) is 0. The van der Waals surface area contributed by atoms with E-state index in [0.29, 0.717) is 6.79 Å². The molecule has 2 aliphatic heterocycles. The molecule has 0 saturated carbocycles. The van der Waals surface area contributed by atoms with Crippen LogP contribution in [0.2, 0.25) is 5.02 Å². The van der Waals surface area contributed by atoms with E-state index in [4.69, 9.17) is 21.1 Å². The Balaban J connectivity index is 1.23. The van der Waals surface area contributed by atoms with E-state index >= 15 is 0 Å². The normalized spacial score (nSPS) is 16.9. The summed E-state index contributed by atoms with van der Waals surface area (Å²) in [6.45, 7) is 6.45. The molecule has 2 heterocycles. The Bertz CT molecular complexity index is 732. The number of rotatable bonds is 5. The zero-order valence-electron chi connectivity index (χ0n) is 14.1. The van der Waals surface area contributed by atoms with Gasteiger partial charge in [0.2, 0.25) is 6.79 Å². The van der Waals surface area contributed by atoms with Crippen molar-refractivity contribution >= 4 is 23.0 Å². The smallest absolute Gasteiger partial charge is 0.231 e. The van der Waals surface area contributed by atoms with Crippen molar-refractivity contribution in [3.8, 4) is 11.5 Å². The molecule has 2 aliphatic rings. The Morgan fingerprint density at radius 1 is 0.960 bits per heavy atom. The van der Waals surface area contributed by atoms with E-state index in [1.807, 2.05) is 36.4 Å². The van der Waals surface area contributed by atoms with Crippen LogP contribution < -0.4 is 19.7 Å². The maximum Gasteiger partial charge on any atom is 0.231 e. The van der Waals surface area contributed by atoms with Gasteiger partial charge in [0.15, 0.2) is 11.5 Å². The molecule has 2 aromatic rings. The number of hydrogen-bond donors (Lipinski definition) is 1. The Labute approximate surface area is 153 Å². The van der Waals surface area contributed by atoms with Crippen molar-refractivity contribution in [1.29, 1.82) is 0 Å². The first-order valence-corrected chi connectivity index (χ1v) is 9.02. The number of benzene rings is 2. The van der Waals surface area contributed by atoms with Gasteiger partial charge in [0.05, 0.1) is 0 Å². The van der Waals surface area contributed by atoms with Crippen molar-refractivity contribution < 1.29 is 9.47 Å². The summed E-state index contributed by atoms with van der Waals surface area (Å²) in [5.74, 6) is 1.64. The topological polar surface area (TPSA) is 37.0 Å². The first kappa shape index (κ1) is 16.4. The molecule has 0 spiro atoms. The molecule has 1 fully saturated rings. The lowest BCUT2D eigenvalue weighted by atomic mass is 10.2. The van der Waals surface area contributed by atoms with Gasteiger partial charge >= 0.3 is 0 Å². The number of anilines is 2. The van der Waals surface area contributed by atoms with Gasteiger partial charge in [-0.15, -0.1) is 0 Å². The highest BCUT2D eigenvalue weighted by atomic mass is 35.5. The molecule has 6 heteroatoms. The van der Waals surface area contributed by atoms with Crippen LogP contribution in [0.1, 0.15) is 0 Å². The van der Waals surface area contributed by atoms with Crippen LogP contribution in [0.25, 0.3) is 0 Å². The van der Waals surface area contributed by atoms with Crippen molar-refractivity contribution in [3.05, 3.63) is 47.5 Å². The van der Waals surface area contributed by atoms with Crippen LogP contribution in [0.5, 0.6) is 11.5 Å². The second-order valence-electron chi connectivity index (χ2n) is 6.30. The summed E-state index contributed by atoms with van der Waals surface area (Å²) < 4.78 is 10.7. The Hall–Kier alpha value is -2.11. The van der Waals surface area contributed by atoms with Gasteiger partial charge in [-0.2, -0.15) is 0 Å². The molecule has 4 rings (SSSR count). The summed E-state index contributed by atoms with van der Waals surface area (Å²) in [6.07, 6.45) is 0. The predicted octanol–water partition coefficient (Wildman–Crippen LogP) is 3.30. The standard InChI is InChI=1S/C19H22ClN3O2/c20-15-2-1-3-17(12-15)23-10-8-22(9-11-23)7-6-21-16-4-5-18-19(13-16)25-14-24-18/h1-5,12-13,21H,6-11,14H2. The lowest BCUT2D eigenvalue weighted by Gasteiger charge is -2.36. The molecule has 1 N–H and O–H groups in total. The highest BCUT2D eigenvalue weighted by molar-refractivity contribution is 6.30. The molecule has 0 amide bonds. The summed E-state index contributed by atoms with van der Waals surface area (Å²) in [5.41, 5.74) is 2.28. The molecule has 0 unspecified atom stereocenters. The number of piperazine rings is 1. The Kier molecular flexibility index (Phi) is 4.85. The molecule has 0 aromatic heterocycles. The van der Waals surface area contributed by atoms with E-state index in [0.717, 1.165) is 61.5 Å². The molecule has 132 valence electrons. The number of fused-ring (bicyclic) bond motifs is 1. The van der Waals surface area contributed by atoms with Gasteiger partial charge in [0.25, 0.3) is 0 Å². The maximum absolute atomic E-state index is 6.09. The zero-order valence-corrected chi connectivity index (χ0v) is 14.8. The monoisotopic (exact) mass is 359 g/mol. The van der Waals surface area contributed by atoms with E-state index in [1.165, 1.54) is 5.69 Å². The summed E-state index contributed by atoms with van der Waals surface area (Å²) in [5, 5.41) is 4.26. The fourth-order valence-electron chi connectivity index (χ4n) is 3.27. The van der Waals surface area contributed by atoms with Gasteiger partial charge in [-0.25, -0.2) is 0 Å². The van der Waals surface area contributed by atoms with Crippen LogP contribution in [-0.2, 0) is 0 Å². The second-order valence-corrected chi connectivity index (χ2v) is 6.74. The number of hydrogen-bond acceptors (Lipinski definition) is 5. The summed E-state index contributed by atoms with van der Waals surface area (Å²) >= 11 is 6.09. The van der Waals surface area contributed by atoms with E-state index < -0.39 is 0 Å². The molecular formula is C19H22ClN3O2. The highest BCUT2D eigenvalue weighted by Gasteiger charge is 2.17. The second kappa shape index (κ2) is 7.42. The van der Waals surface area contributed by atoms with Gasteiger partial charge in [-0.05, 0) is 30.3 Å². The van der Waals surface area contributed by atoms with Crippen molar-refractivity contribution in [1.82, 2.24) is 4.90 Å². The van der Waals surface area contributed by atoms with Gasteiger partial charge in [0.1, 0.15) is 0 Å². The zero-order chi connectivity index (χ0) is 17.1. The first-order valence-electron chi connectivity index (χ1n) is 8.64.